The first-order valence-electron chi connectivity index (χ1n) is 8.75. The molecule has 4 rings (SSSR count). The number of hydrogen-bond acceptors (Lipinski definition) is 4. The Morgan fingerprint density at radius 1 is 1.07 bits per heavy atom. The molecule has 0 saturated carbocycles. The summed E-state index contributed by atoms with van der Waals surface area (Å²) in [5, 5.41) is 5.47. The van der Waals surface area contributed by atoms with E-state index in [0.717, 1.165) is 17.0 Å². The molecule has 0 bridgehead atoms. The largest absolute Gasteiger partial charge is 0.301 e. The lowest BCUT2D eigenvalue weighted by Gasteiger charge is -2.07. The molecule has 2 heterocycles. The van der Waals surface area contributed by atoms with Crippen molar-refractivity contribution in [1.29, 1.82) is 0 Å². The second kappa shape index (κ2) is 7.04. The van der Waals surface area contributed by atoms with Crippen LogP contribution in [0.4, 0.5) is 0 Å². The quantitative estimate of drug-likeness (QED) is 0.425. The molecule has 0 aliphatic heterocycles. The van der Waals surface area contributed by atoms with Crippen molar-refractivity contribution in [3.05, 3.63) is 81.3 Å². The molecule has 136 valence electrons. The highest BCUT2D eigenvalue weighted by atomic mass is 32.2. The smallest absolute Gasteiger partial charge is 0.262 e. The maximum Gasteiger partial charge on any atom is 0.262 e. The van der Waals surface area contributed by atoms with Gasteiger partial charge in [0.05, 0.1) is 11.9 Å². The Kier molecular flexibility index (Phi) is 4.58. The Hall–Kier alpha value is -2.86. The molecule has 27 heavy (non-hydrogen) atoms. The summed E-state index contributed by atoms with van der Waals surface area (Å²) in [6.07, 6.45) is 1.57. The molecule has 0 amide bonds. The van der Waals surface area contributed by atoms with Gasteiger partial charge in [-0.3, -0.25) is 4.79 Å². The third kappa shape index (κ3) is 3.53. The van der Waals surface area contributed by atoms with Gasteiger partial charge in [0.1, 0.15) is 5.39 Å². The molecule has 0 unspecified atom stereocenters. The number of hydrogen-bond donors (Lipinski definition) is 1. The highest BCUT2D eigenvalue weighted by molar-refractivity contribution is 7.98. The maximum absolute atomic E-state index is 12.5. The van der Waals surface area contributed by atoms with Gasteiger partial charge in [-0.05, 0) is 49.6 Å². The Morgan fingerprint density at radius 2 is 1.89 bits per heavy atom. The zero-order valence-corrected chi connectivity index (χ0v) is 16.3. The molecule has 6 heteroatoms. The lowest BCUT2D eigenvalue weighted by Crippen LogP contribution is -2.10. The zero-order chi connectivity index (χ0) is 19.0. The first-order valence-corrected chi connectivity index (χ1v) is 9.74. The van der Waals surface area contributed by atoms with E-state index in [9.17, 15) is 4.79 Å². The van der Waals surface area contributed by atoms with Crippen molar-refractivity contribution >= 4 is 22.8 Å². The standard InChI is InChI=1S/C21H20N4OS/c1-13-5-4-6-17(10-13)25-19-18(11-22-25)20(26)24-21(23-19)27-12-16-9-14(2)7-8-15(16)3/h4-11H,12H2,1-3H3,(H,23,24,26). The molecule has 4 aromatic rings. The first-order chi connectivity index (χ1) is 13.0. The van der Waals surface area contributed by atoms with Gasteiger partial charge in [-0.25, -0.2) is 9.67 Å². The zero-order valence-electron chi connectivity index (χ0n) is 15.5. The minimum absolute atomic E-state index is 0.164. The van der Waals surface area contributed by atoms with Gasteiger partial charge < -0.3 is 4.98 Å². The number of nitrogens with one attached hydrogen (secondary N) is 1. The van der Waals surface area contributed by atoms with Crippen molar-refractivity contribution in [1.82, 2.24) is 19.7 Å². The number of aryl methyl sites for hydroxylation is 3. The van der Waals surface area contributed by atoms with Crippen LogP contribution in [0, 0.1) is 20.8 Å². The van der Waals surface area contributed by atoms with E-state index >= 15 is 0 Å². The lowest BCUT2D eigenvalue weighted by molar-refractivity contribution is 0.872. The Bertz CT molecular complexity index is 1190. The summed E-state index contributed by atoms with van der Waals surface area (Å²) in [6, 6.07) is 14.4. The molecule has 5 nitrogen and oxygen atoms in total. The summed E-state index contributed by atoms with van der Waals surface area (Å²) >= 11 is 1.53. The molecule has 0 atom stereocenters. The van der Waals surface area contributed by atoms with Crippen molar-refractivity contribution in [3.63, 3.8) is 0 Å². The third-order valence-electron chi connectivity index (χ3n) is 4.53. The molecular formula is C21H20N4OS. The van der Waals surface area contributed by atoms with Crippen LogP contribution in [0.1, 0.15) is 22.3 Å². The number of rotatable bonds is 4. The fraction of sp³-hybridized carbons (Fsp3) is 0.190. The summed E-state index contributed by atoms with van der Waals surface area (Å²) < 4.78 is 1.72. The predicted molar refractivity (Wildman–Crippen MR) is 110 cm³/mol. The van der Waals surface area contributed by atoms with Crippen molar-refractivity contribution in [2.75, 3.05) is 0 Å². The molecule has 0 fully saturated rings. The van der Waals surface area contributed by atoms with E-state index in [1.165, 1.54) is 28.5 Å². The van der Waals surface area contributed by atoms with E-state index in [4.69, 9.17) is 0 Å². The van der Waals surface area contributed by atoms with E-state index in [1.807, 2.05) is 31.2 Å². The average molecular weight is 376 g/mol. The SMILES string of the molecule is Cc1cccc(-n2ncc3c(=O)[nH]c(SCc4cc(C)ccc4C)nc32)c1. The number of thioether (sulfide) groups is 1. The molecule has 0 radical (unpaired) electrons. The monoisotopic (exact) mass is 376 g/mol. The Morgan fingerprint density at radius 3 is 2.70 bits per heavy atom. The number of nitrogens with zero attached hydrogens (tertiary/aromatic N) is 3. The fourth-order valence-corrected chi connectivity index (χ4v) is 3.94. The molecule has 0 saturated heterocycles. The van der Waals surface area contributed by atoms with Crippen LogP contribution in [0.25, 0.3) is 16.7 Å². The topological polar surface area (TPSA) is 63.6 Å². The third-order valence-corrected chi connectivity index (χ3v) is 5.45. The number of aromatic amines is 1. The number of H-pyrrole nitrogens is 1. The number of aromatic nitrogens is 4. The summed E-state index contributed by atoms with van der Waals surface area (Å²) in [6.45, 7) is 6.21. The van der Waals surface area contributed by atoms with Gasteiger partial charge in [-0.2, -0.15) is 5.10 Å². The average Bonchev–Trinajstić information content (AvgIpc) is 3.07. The highest BCUT2D eigenvalue weighted by Gasteiger charge is 2.12. The van der Waals surface area contributed by atoms with Crippen molar-refractivity contribution in [3.8, 4) is 5.69 Å². The summed E-state index contributed by atoms with van der Waals surface area (Å²) in [5.41, 5.74) is 6.15. The van der Waals surface area contributed by atoms with Crippen LogP contribution < -0.4 is 5.56 Å². The van der Waals surface area contributed by atoms with Gasteiger partial charge in [-0.1, -0.05) is 47.7 Å². The van der Waals surface area contributed by atoms with Crippen LogP contribution >= 0.6 is 11.8 Å². The Labute approximate surface area is 161 Å². The summed E-state index contributed by atoms with van der Waals surface area (Å²) in [7, 11) is 0. The van der Waals surface area contributed by atoms with Crippen molar-refractivity contribution in [2.24, 2.45) is 0 Å². The molecule has 0 aliphatic rings. The van der Waals surface area contributed by atoms with Crippen LogP contribution in [0.2, 0.25) is 0 Å². The minimum Gasteiger partial charge on any atom is -0.301 e. The van der Waals surface area contributed by atoms with Gasteiger partial charge >= 0.3 is 0 Å². The predicted octanol–water partition coefficient (Wildman–Crippen LogP) is 4.33. The minimum atomic E-state index is -0.164. The van der Waals surface area contributed by atoms with Crippen LogP contribution in [0.5, 0.6) is 0 Å². The molecular weight excluding hydrogens is 356 g/mol. The van der Waals surface area contributed by atoms with E-state index in [-0.39, 0.29) is 5.56 Å². The summed E-state index contributed by atoms with van der Waals surface area (Å²) in [5.74, 6) is 0.751. The van der Waals surface area contributed by atoms with E-state index < -0.39 is 0 Å². The molecule has 1 N–H and O–H groups in total. The van der Waals surface area contributed by atoms with Gasteiger partial charge in [0.2, 0.25) is 0 Å². The normalized spacial score (nSPS) is 11.2. The second-order valence-electron chi connectivity index (χ2n) is 6.72. The molecule has 2 aromatic heterocycles. The van der Waals surface area contributed by atoms with Crippen molar-refractivity contribution in [2.45, 2.75) is 31.7 Å². The highest BCUT2D eigenvalue weighted by Crippen LogP contribution is 2.23. The maximum atomic E-state index is 12.5. The number of fused-ring (bicyclic) bond motifs is 1. The van der Waals surface area contributed by atoms with E-state index in [1.54, 1.807) is 10.9 Å². The van der Waals surface area contributed by atoms with Gasteiger partial charge in [0.25, 0.3) is 5.56 Å². The van der Waals surface area contributed by atoms with Crippen molar-refractivity contribution < 1.29 is 0 Å². The van der Waals surface area contributed by atoms with E-state index in [0.29, 0.717) is 16.2 Å². The van der Waals surface area contributed by atoms with Crippen LogP contribution in [0.3, 0.4) is 0 Å². The first kappa shape index (κ1) is 17.5. The van der Waals surface area contributed by atoms with Gasteiger partial charge in [-0.15, -0.1) is 0 Å². The van der Waals surface area contributed by atoms with Crippen LogP contribution in [-0.4, -0.2) is 19.7 Å². The second-order valence-corrected chi connectivity index (χ2v) is 7.69. The van der Waals surface area contributed by atoms with Gasteiger partial charge in [0, 0.05) is 5.75 Å². The van der Waals surface area contributed by atoms with Crippen LogP contribution in [0.15, 0.2) is 58.6 Å². The van der Waals surface area contributed by atoms with Gasteiger partial charge in [0.15, 0.2) is 10.8 Å². The van der Waals surface area contributed by atoms with Crippen LogP contribution in [-0.2, 0) is 5.75 Å². The molecule has 0 spiro atoms. The lowest BCUT2D eigenvalue weighted by atomic mass is 10.1. The summed E-state index contributed by atoms with van der Waals surface area (Å²) in [4.78, 5) is 20.0. The molecule has 2 aromatic carbocycles. The molecule has 0 aliphatic carbocycles. The number of benzene rings is 2. The Balaban J connectivity index is 1.71. The fourth-order valence-electron chi connectivity index (χ4n) is 3.02. The van der Waals surface area contributed by atoms with E-state index in [2.05, 4.69) is 47.1 Å².